The zero-order valence-corrected chi connectivity index (χ0v) is 12.0. The Morgan fingerprint density at radius 1 is 1.42 bits per heavy atom. The van der Waals surface area contributed by atoms with Crippen molar-refractivity contribution in [1.82, 2.24) is 10.3 Å². The maximum Gasteiger partial charge on any atom is 0.128 e. The maximum atomic E-state index is 9.15. The lowest BCUT2D eigenvalue weighted by molar-refractivity contribution is 0.203. The summed E-state index contributed by atoms with van der Waals surface area (Å²) < 4.78 is 0. The topological polar surface area (TPSA) is 48.4 Å². The molecule has 1 aliphatic rings. The number of hydrogen-bond donors (Lipinski definition) is 2. The number of aliphatic hydroxyl groups is 1. The van der Waals surface area contributed by atoms with Gasteiger partial charge in [0.1, 0.15) is 5.82 Å². The van der Waals surface area contributed by atoms with Gasteiger partial charge in [0, 0.05) is 31.9 Å². The van der Waals surface area contributed by atoms with E-state index in [4.69, 9.17) is 5.11 Å². The SMILES string of the molecule is CCNC(C)c1ccc(N2CCC(CO)CC2)nc1. The van der Waals surface area contributed by atoms with Gasteiger partial charge >= 0.3 is 0 Å². The molecule has 0 bridgehead atoms. The Morgan fingerprint density at radius 3 is 2.68 bits per heavy atom. The van der Waals surface area contributed by atoms with E-state index in [1.54, 1.807) is 0 Å². The minimum atomic E-state index is 0.320. The quantitative estimate of drug-likeness (QED) is 0.852. The lowest BCUT2D eigenvalue weighted by atomic mass is 9.98. The largest absolute Gasteiger partial charge is 0.396 e. The standard InChI is InChI=1S/C15H25N3O/c1-3-16-12(2)14-4-5-15(17-10-14)18-8-6-13(11-19)7-9-18/h4-5,10,12-13,16,19H,3,6-9,11H2,1-2H3. The molecule has 1 aliphatic heterocycles. The molecule has 1 atom stereocenters. The molecule has 0 aliphatic carbocycles. The van der Waals surface area contributed by atoms with E-state index in [0.29, 0.717) is 18.6 Å². The maximum absolute atomic E-state index is 9.15. The van der Waals surface area contributed by atoms with E-state index in [1.165, 1.54) is 5.56 Å². The van der Waals surface area contributed by atoms with Crippen molar-refractivity contribution in [3.05, 3.63) is 23.9 Å². The molecule has 4 heteroatoms. The van der Waals surface area contributed by atoms with Crippen molar-refractivity contribution in [2.24, 2.45) is 5.92 Å². The molecule has 0 amide bonds. The van der Waals surface area contributed by atoms with Gasteiger partial charge in [-0.2, -0.15) is 0 Å². The number of anilines is 1. The summed E-state index contributed by atoms with van der Waals surface area (Å²) in [6, 6.07) is 4.63. The minimum Gasteiger partial charge on any atom is -0.396 e. The van der Waals surface area contributed by atoms with E-state index >= 15 is 0 Å². The summed E-state index contributed by atoms with van der Waals surface area (Å²) in [4.78, 5) is 6.89. The van der Waals surface area contributed by atoms with E-state index in [0.717, 1.165) is 38.3 Å². The van der Waals surface area contributed by atoms with Crippen LogP contribution in [0.5, 0.6) is 0 Å². The first-order valence-electron chi connectivity index (χ1n) is 7.29. The Kier molecular flexibility index (Phi) is 5.16. The van der Waals surface area contributed by atoms with Gasteiger partial charge in [-0.3, -0.25) is 0 Å². The van der Waals surface area contributed by atoms with Crippen molar-refractivity contribution in [3.63, 3.8) is 0 Å². The Bertz CT molecular complexity index is 371. The molecule has 1 aromatic rings. The van der Waals surface area contributed by atoms with Crippen LogP contribution in [0.3, 0.4) is 0 Å². The van der Waals surface area contributed by atoms with Crippen LogP contribution in [0.1, 0.15) is 38.3 Å². The molecule has 19 heavy (non-hydrogen) atoms. The number of hydrogen-bond acceptors (Lipinski definition) is 4. The fraction of sp³-hybridized carbons (Fsp3) is 0.667. The fourth-order valence-corrected chi connectivity index (χ4v) is 2.61. The molecule has 1 saturated heterocycles. The number of nitrogens with one attached hydrogen (secondary N) is 1. The van der Waals surface area contributed by atoms with Crippen LogP contribution in [0.25, 0.3) is 0 Å². The van der Waals surface area contributed by atoms with Crippen molar-refractivity contribution in [2.45, 2.75) is 32.7 Å². The lowest BCUT2D eigenvalue weighted by Gasteiger charge is -2.32. The molecular formula is C15H25N3O. The van der Waals surface area contributed by atoms with E-state index in [9.17, 15) is 0 Å². The molecule has 0 radical (unpaired) electrons. The number of aliphatic hydroxyl groups excluding tert-OH is 1. The highest BCUT2D eigenvalue weighted by molar-refractivity contribution is 5.40. The summed E-state index contributed by atoms with van der Waals surface area (Å²) in [7, 11) is 0. The minimum absolute atomic E-state index is 0.320. The second-order valence-corrected chi connectivity index (χ2v) is 5.34. The summed E-state index contributed by atoms with van der Waals surface area (Å²) in [6.45, 7) is 7.56. The highest BCUT2D eigenvalue weighted by Crippen LogP contribution is 2.22. The van der Waals surface area contributed by atoms with Gasteiger partial charge in [0.25, 0.3) is 0 Å². The highest BCUT2D eigenvalue weighted by atomic mass is 16.3. The summed E-state index contributed by atoms with van der Waals surface area (Å²) in [5.41, 5.74) is 1.23. The molecule has 1 unspecified atom stereocenters. The Morgan fingerprint density at radius 2 is 2.16 bits per heavy atom. The summed E-state index contributed by atoms with van der Waals surface area (Å²) in [6.07, 6.45) is 4.10. The van der Waals surface area contributed by atoms with Gasteiger partial charge in [-0.05, 0) is 43.9 Å². The molecule has 4 nitrogen and oxygen atoms in total. The Labute approximate surface area is 115 Å². The highest BCUT2D eigenvalue weighted by Gasteiger charge is 2.19. The second-order valence-electron chi connectivity index (χ2n) is 5.34. The zero-order chi connectivity index (χ0) is 13.7. The third kappa shape index (κ3) is 3.67. The van der Waals surface area contributed by atoms with Crippen LogP contribution >= 0.6 is 0 Å². The zero-order valence-electron chi connectivity index (χ0n) is 12.0. The molecule has 2 N–H and O–H groups in total. The average Bonchev–Trinajstić information content (AvgIpc) is 2.48. The fourth-order valence-electron chi connectivity index (χ4n) is 2.61. The second kappa shape index (κ2) is 6.87. The van der Waals surface area contributed by atoms with Crippen LogP contribution in [0, 0.1) is 5.92 Å². The summed E-state index contributed by atoms with van der Waals surface area (Å²) in [5.74, 6) is 1.54. The number of pyridine rings is 1. The van der Waals surface area contributed by atoms with Crippen LogP contribution in [-0.2, 0) is 0 Å². The lowest BCUT2D eigenvalue weighted by Crippen LogP contribution is -2.35. The van der Waals surface area contributed by atoms with Gasteiger partial charge in [0.2, 0.25) is 0 Å². The molecule has 2 heterocycles. The van der Waals surface area contributed by atoms with Crippen molar-refractivity contribution < 1.29 is 5.11 Å². The number of piperidine rings is 1. The molecule has 1 fully saturated rings. The number of aromatic nitrogens is 1. The predicted molar refractivity (Wildman–Crippen MR) is 78.4 cm³/mol. The van der Waals surface area contributed by atoms with Gasteiger partial charge in [0.15, 0.2) is 0 Å². The first-order valence-corrected chi connectivity index (χ1v) is 7.29. The number of rotatable bonds is 5. The third-order valence-corrected chi connectivity index (χ3v) is 3.98. The molecule has 1 aromatic heterocycles. The first-order chi connectivity index (χ1) is 9.24. The molecule has 106 valence electrons. The summed E-state index contributed by atoms with van der Waals surface area (Å²) in [5, 5.41) is 12.5. The van der Waals surface area contributed by atoms with Crippen molar-refractivity contribution in [1.29, 1.82) is 0 Å². The first kappa shape index (κ1) is 14.3. The predicted octanol–water partition coefficient (Wildman–Crippen LogP) is 1.96. The van der Waals surface area contributed by atoms with E-state index in [2.05, 4.69) is 41.2 Å². The van der Waals surface area contributed by atoms with Gasteiger partial charge in [-0.1, -0.05) is 13.0 Å². The number of nitrogens with zero attached hydrogens (tertiary/aromatic N) is 2. The normalized spacial score (nSPS) is 18.6. The van der Waals surface area contributed by atoms with Gasteiger partial charge in [-0.15, -0.1) is 0 Å². The van der Waals surface area contributed by atoms with Crippen LogP contribution in [0.2, 0.25) is 0 Å². The third-order valence-electron chi connectivity index (χ3n) is 3.98. The molecular weight excluding hydrogens is 238 g/mol. The van der Waals surface area contributed by atoms with Gasteiger partial charge < -0.3 is 15.3 Å². The van der Waals surface area contributed by atoms with Crippen LogP contribution < -0.4 is 10.2 Å². The van der Waals surface area contributed by atoms with Crippen molar-refractivity contribution in [2.75, 3.05) is 31.1 Å². The smallest absolute Gasteiger partial charge is 0.128 e. The van der Waals surface area contributed by atoms with E-state index in [-0.39, 0.29) is 0 Å². The summed E-state index contributed by atoms with van der Waals surface area (Å²) >= 11 is 0. The Balaban J connectivity index is 1.95. The van der Waals surface area contributed by atoms with Crippen LogP contribution in [0.15, 0.2) is 18.3 Å². The van der Waals surface area contributed by atoms with E-state index in [1.807, 2.05) is 6.20 Å². The van der Waals surface area contributed by atoms with Crippen LogP contribution in [-0.4, -0.2) is 36.3 Å². The van der Waals surface area contributed by atoms with Crippen molar-refractivity contribution >= 4 is 5.82 Å². The molecule has 0 spiro atoms. The molecule has 0 saturated carbocycles. The average molecular weight is 263 g/mol. The van der Waals surface area contributed by atoms with Gasteiger partial charge in [-0.25, -0.2) is 4.98 Å². The van der Waals surface area contributed by atoms with Crippen LogP contribution in [0.4, 0.5) is 5.82 Å². The molecule has 0 aromatic carbocycles. The molecule has 2 rings (SSSR count). The monoisotopic (exact) mass is 263 g/mol. The van der Waals surface area contributed by atoms with Gasteiger partial charge in [0.05, 0.1) is 0 Å². The van der Waals surface area contributed by atoms with E-state index < -0.39 is 0 Å². The Hall–Kier alpha value is -1.13. The van der Waals surface area contributed by atoms with Crippen molar-refractivity contribution in [3.8, 4) is 0 Å².